The summed E-state index contributed by atoms with van der Waals surface area (Å²) in [6, 6.07) is 8.39. The van der Waals surface area contributed by atoms with Crippen molar-refractivity contribution in [1.29, 1.82) is 0 Å². The third kappa shape index (κ3) is 3.43. The molecular weight excluding hydrogens is 304 g/mol. The fourth-order valence-corrected chi connectivity index (χ4v) is 1.94. The lowest BCUT2D eigenvalue weighted by Crippen LogP contribution is -2.11. The van der Waals surface area contributed by atoms with E-state index in [1.54, 1.807) is 18.2 Å². The van der Waals surface area contributed by atoms with E-state index in [9.17, 15) is 8.78 Å². The van der Waals surface area contributed by atoms with Crippen LogP contribution in [0.15, 0.2) is 36.4 Å². The Balaban J connectivity index is 2.20. The van der Waals surface area contributed by atoms with Gasteiger partial charge in [-0.05, 0) is 35.9 Å². The van der Waals surface area contributed by atoms with Crippen molar-refractivity contribution in [2.75, 3.05) is 0 Å². The first-order valence-electron chi connectivity index (χ1n) is 5.63. The lowest BCUT2D eigenvalue weighted by atomic mass is 10.2. The van der Waals surface area contributed by atoms with Crippen LogP contribution in [0.1, 0.15) is 11.1 Å². The molecule has 0 fully saturated rings. The van der Waals surface area contributed by atoms with Crippen LogP contribution < -0.4 is 10.5 Å². The van der Waals surface area contributed by atoms with Crippen LogP contribution in [0.25, 0.3) is 0 Å². The Morgan fingerprint density at radius 1 is 1.15 bits per heavy atom. The van der Waals surface area contributed by atoms with Crippen LogP contribution in [0, 0.1) is 11.6 Å². The normalized spacial score (nSPS) is 10.3. The van der Waals surface area contributed by atoms with Crippen molar-refractivity contribution in [3.63, 3.8) is 0 Å². The summed E-state index contributed by atoms with van der Waals surface area (Å²) in [4.78, 5) is 0.168. The molecule has 0 radical (unpaired) electrons. The van der Waals surface area contributed by atoms with E-state index in [0.29, 0.717) is 21.9 Å². The summed E-state index contributed by atoms with van der Waals surface area (Å²) < 4.78 is 31.4. The highest BCUT2D eigenvalue weighted by Gasteiger charge is 2.09. The molecule has 20 heavy (non-hydrogen) atoms. The molecule has 0 atom stereocenters. The summed E-state index contributed by atoms with van der Waals surface area (Å²) in [5.74, 6) is -1.43. The Morgan fingerprint density at radius 3 is 2.55 bits per heavy atom. The maximum atomic E-state index is 13.1. The van der Waals surface area contributed by atoms with Crippen molar-refractivity contribution in [2.24, 2.45) is 5.73 Å². The van der Waals surface area contributed by atoms with Crippen molar-refractivity contribution >= 4 is 28.8 Å². The molecule has 2 aromatic rings. The molecule has 0 saturated heterocycles. The molecule has 2 aromatic carbocycles. The van der Waals surface area contributed by atoms with Crippen LogP contribution in [0.5, 0.6) is 5.75 Å². The number of hydrogen-bond donors (Lipinski definition) is 1. The molecule has 0 heterocycles. The zero-order chi connectivity index (χ0) is 14.7. The van der Waals surface area contributed by atoms with Crippen LogP contribution in [0.2, 0.25) is 5.02 Å². The molecule has 0 saturated carbocycles. The number of rotatable bonds is 4. The fourth-order valence-electron chi connectivity index (χ4n) is 1.61. The smallest absolute Gasteiger partial charge is 0.159 e. The van der Waals surface area contributed by atoms with Crippen molar-refractivity contribution in [2.45, 2.75) is 6.61 Å². The lowest BCUT2D eigenvalue weighted by molar-refractivity contribution is 0.304. The average molecular weight is 314 g/mol. The van der Waals surface area contributed by atoms with E-state index in [2.05, 4.69) is 0 Å². The zero-order valence-electron chi connectivity index (χ0n) is 10.2. The molecule has 0 spiro atoms. The van der Waals surface area contributed by atoms with E-state index in [1.165, 1.54) is 6.07 Å². The quantitative estimate of drug-likeness (QED) is 0.871. The van der Waals surface area contributed by atoms with Crippen LogP contribution in [-0.4, -0.2) is 4.99 Å². The van der Waals surface area contributed by atoms with Gasteiger partial charge < -0.3 is 10.5 Å². The maximum absolute atomic E-state index is 13.1. The Hall–Kier alpha value is -1.72. The van der Waals surface area contributed by atoms with Gasteiger partial charge in [0.15, 0.2) is 11.6 Å². The minimum Gasteiger partial charge on any atom is -0.488 e. The predicted octanol–water partition coefficient (Wildman–Crippen LogP) is 3.83. The van der Waals surface area contributed by atoms with E-state index in [-0.39, 0.29) is 11.6 Å². The first-order valence-corrected chi connectivity index (χ1v) is 6.42. The third-order valence-electron chi connectivity index (χ3n) is 2.59. The molecule has 0 aliphatic heterocycles. The molecule has 2 N–H and O–H groups in total. The number of halogens is 3. The van der Waals surface area contributed by atoms with Crippen molar-refractivity contribution in [3.8, 4) is 5.75 Å². The summed E-state index contributed by atoms with van der Waals surface area (Å²) in [5.41, 5.74) is 6.59. The standard InChI is InChI=1S/C14H10ClF2NOS/c15-9-2-3-10(14(18)20)13(6-9)19-7-8-1-4-11(16)12(17)5-8/h1-6H,7H2,(H2,18,20). The SMILES string of the molecule is NC(=S)c1ccc(Cl)cc1OCc1ccc(F)c(F)c1. The largest absolute Gasteiger partial charge is 0.488 e. The molecular formula is C14H10ClF2NOS. The second-order valence-electron chi connectivity index (χ2n) is 4.04. The van der Waals surface area contributed by atoms with E-state index < -0.39 is 11.6 Å². The molecule has 104 valence electrons. The molecule has 0 aliphatic rings. The summed E-state index contributed by atoms with van der Waals surface area (Å²) in [6.07, 6.45) is 0. The van der Waals surface area contributed by atoms with E-state index in [1.807, 2.05) is 0 Å². The maximum Gasteiger partial charge on any atom is 0.159 e. The molecule has 0 aliphatic carbocycles. The van der Waals surface area contributed by atoms with Gasteiger partial charge in [-0.1, -0.05) is 29.9 Å². The topological polar surface area (TPSA) is 35.2 Å². The number of thiocarbonyl (C=S) groups is 1. The third-order valence-corrected chi connectivity index (χ3v) is 3.04. The Labute approximate surface area is 125 Å². The van der Waals surface area contributed by atoms with Gasteiger partial charge in [-0.25, -0.2) is 8.78 Å². The van der Waals surface area contributed by atoms with Crippen LogP contribution in [-0.2, 0) is 6.61 Å². The number of hydrogen-bond acceptors (Lipinski definition) is 2. The first kappa shape index (κ1) is 14.7. The highest BCUT2D eigenvalue weighted by Crippen LogP contribution is 2.24. The number of ether oxygens (including phenoxy) is 1. The molecule has 2 rings (SSSR count). The summed E-state index contributed by atoms with van der Waals surface area (Å²) in [6.45, 7) is 0.0488. The van der Waals surface area contributed by atoms with Gasteiger partial charge >= 0.3 is 0 Å². The molecule has 0 unspecified atom stereocenters. The molecule has 0 amide bonds. The average Bonchev–Trinajstić information content (AvgIpc) is 2.40. The van der Waals surface area contributed by atoms with Crippen molar-refractivity contribution in [3.05, 3.63) is 64.2 Å². The second kappa shape index (κ2) is 6.15. The van der Waals surface area contributed by atoms with Gasteiger partial charge in [0, 0.05) is 5.02 Å². The fraction of sp³-hybridized carbons (Fsp3) is 0.0714. The highest BCUT2D eigenvalue weighted by atomic mass is 35.5. The van der Waals surface area contributed by atoms with Crippen molar-refractivity contribution in [1.82, 2.24) is 0 Å². The Kier molecular flexibility index (Phi) is 4.52. The monoisotopic (exact) mass is 313 g/mol. The first-order chi connectivity index (χ1) is 9.47. The van der Waals surface area contributed by atoms with Crippen LogP contribution in [0.3, 0.4) is 0 Å². The van der Waals surface area contributed by atoms with Gasteiger partial charge in [0.1, 0.15) is 17.3 Å². The number of benzene rings is 2. The second-order valence-corrected chi connectivity index (χ2v) is 4.92. The molecule has 2 nitrogen and oxygen atoms in total. The van der Waals surface area contributed by atoms with E-state index >= 15 is 0 Å². The Bertz CT molecular complexity index is 664. The van der Waals surface area contributed by atoms with Crippen LogP contribution in [0.4, 0.5) is 8.78 Å². The number of nitrogens with two attached hydrogens (primary N) is 1. The minimum atomic E-state index is -0.924. The van der Waals surface area contributed by atoms with Gasteiger partial charge in [0.25, 0.3) is 0 Å². The zero-order valence-corrected chi connectivity index (χ0v) is 11.8. The van der Waals surface area contributed by atoms with E-state index in [0.717, 1.165) is 12.1 Å². The minimum absolute atomic E-state index is 0.0488. The summed E-state index contributed by atoms with van der Waals surface area (Å²) >= 11 is 10.8. The Morgan fingerprint density at radius 2 is 1.90 bits per heavy atom. The van der Waals surface area contributed by atoms with Gasteiger partial charge in [-0.15, -0.1) is 0 Å². The van der Waals surface area contributed by atoms with E-state index in [4.69, 9.17) is 34.3 Å². The van der Waals surface area contributed by atoms with Gasteiger partial charge in [-0.2, -0.15) is 0 Å². The molecule has 0 bridgehead atoms. The van der Waals surface area contributed by atoms with Gasteiger partial charge in [-0.3, -0.25) is 0 Å². The van der Waals surface area contributed by atoms with Crippen molar-refractivity contribution < 1.29 is 13.5 Å². The lowest BCUT2D eigenvalue weighted by Gasteiger charge is -2.11. The van der Waals surface area contributed by atoms with Gasteiger partial charge in [0.05, 0.1) is 5.56 Å². The van der Waals surface area contributed by atoms with Crippen LogP contribution >= 0.6 is 23.8 Å². The highest BCUT2D eigenvalue weighted by molar-refractivity contribution is 7.80. The summed E-state index contributed by atoms with van der Waals surface area (Å²) in [5, 5.41) is 0.463. The summed E-state index contributed by atoms with van der Waals surface area (Å²) in [7, 11) is 0. The molecule has 6 heteroatoms. The molecule has 0 aromatic heterocycles. The predicted molar refractivity (Wildman–Crippen MR) is 78.0 cm³/mol. The van der Waals surface area contributed by atoms with Gasteiger partial charge in [0.2, 0.25) is 0 Å².